The molecule has 1 aromatic heterocycles. The van der Waals surface area contributed by atoms with Gasteiger partial charge in [0, 0.05) is 5.56 Å². The zero-order valence-electron chi connectivity index (χ0n) is 8.61. The molecule has 0 saturated carbocycles. The van der Waals surface area contributed by atoms with Crippen LogP contribution in [-0.2, 0) is 0 Å². The molecule has 0 unspecified atom stereocenters. The van der Waals surface area contributed by atoms with E-state index < -0.39 is 5.82 Å². The summed E-state index contributed by atoms with van der Waals surface area (Å²) in [5.41, 5.74) is 0.631. The van der Waals surface area contributed by atoms with Crippen molar-refractivity contribution in [2.24, 2.45) is 0 Å². The zero-order valence-corrected chi connectivity index (χ0v) is 9.42. The van der Waals surface area contributed by atoms with Crippen molar-refractivity contribution >= 4 is 11.3 Å². The van der Waals surface area contributed by atoms with Crippen molar-refractivity contribution in [1.82, 2.24) is 4.98 Å². The van der Waals surface area contributed by atoms with E-state index in [2.05, 4.69) is 4.98 Å². The molecule has 2 aromatic rings. The van der Waals surface area contributed by atoms with Crippen molar-refractivity contribution in [3.63, 3.8) is 0 Å². The van der Waals surface area contributed by atoms with Gasteiger partial charge in [-0.3, -0.25) is 0 Å². The molecule has 0 atom stereocenters. The first-order valence-electron chi connectivity index (χ1n) is 4.78. The average molecular weight is 239 g/mol. The number of ether oxygens (including phenoxy) is 1. The van der Waals surface area contributed by atoms with Crippen LogP contribution in [0.4, 0.5) is 4.39 Å². The first kappa shape index (κ1) is 10.9. The maximum absolute atomic E-state index is 13.5. The van der Waals surface area contributed by atoms with Gasteiger partial charge in [0.25, 0.3) is 0 Å². The molecule has 0 radical (unpaired) electrons. The van der Waals surface area contributed by atoms with E-state index in [4.69, 9.17) is 9.84 Å². The highest BCUT2D eigenvalue weighted by atomic mass is 32.1. The Morgan fingerprint density at radius 3 is 2.88 bits per heavy atom. The lowest BCUT2D eigenvalue weighted by Crippen LogP contribution is -1.94. The maximum Gasteiger partial charge on any atom is 0.222 e. The quantitative estimate of drug-likeness (QED) is 0.895. The summed E-state index contributed by atoms with van der Waals surface area (Å²) in [6.07, 6.45) is 0. The second-order valence-corrected chi connectivity index (χ2v) is 3.95. The van der Waals surface area contributed by atoms with Gasteiger partial charge in [-0.05, 0) is 25.1 Å². The molecule has 1 aromatic carbocycles. The largest absolute Gasteiger partial charge is 0.493 e. The van der Waals surface area contributed by atoms with Crippen LogP contribution in [-0.4, -0.2) is 16.7 Å². The van der Waals surface area contributed by atoms with E-state index in [-0.39, 0.29) is 11.6 Å². The lowest BCUT2D eigenvalue weighted by molar-refractivity contribution is 0.321. The molecule has 0 fully saturated rings. The molecular weight excluding hydrogens is 229 g/mol. The first-order chi connectivity index (χ1) is 7.70. The standard InChI is InChI=1S/C11H10FNO2S/c1-2-15-9-4-3-7(5-8(9)12)11-13-10(14)6-16-11/h3-6,14H,2H2,1H3. The molecule has 3 nitrogen and oxygen atoms in total. The van der Waals surface area contributed by atoms with E-state index >= 15 is 0 Å². The Morgan fingerprint density at radius 2 is 2.31 bits per heavy atom. The number of hydrogen-bond acceptors (Lipinski definition) is 4. The Balaban J connectivity index is 2.34. The third kappa shape index (κ3) is 2.14. The minimum absolute atomic E-state index is 0.0470. The van der Waals surface area contributed by atoms with Crippen molar-refractivity contribution in [1.29, 1.82) is 0 Å². The maximum atomic E-state index is 13.5. The Bertz CT molecular complexity index is 498. The molecule has 0 aliphatic rings. The Kier molecular flexibility index (Phi) is 3.05. The topological polar surface area (TPSA) is 42.4 Å². The molecule has 0 amide bonds. The van der Waals surface area contributed by atoms with Gasteiger partial charge in [0.1, 0.15) is 5.01 Å². The Morgan fingerprint density at radius 1 is 1.50 bits per heavy atom. The van der Waals surface area contributed by atoms with E-state index in [1.54, 1.807) is 19.1 Å². The van der Waals surface area contributed by atoms with Crippen LogP contribution in [0.5, 0.6) is 11.6 Å². The lowest BCUT2D eigenvalue weighted by Gasteiger charge is -2.05. The number of aromatic hydroxyl groups is 1. The highest BCUT2D eigenvalue weighted by Crippen LogP contribution is 2.29. The molecule has 0 aliphatic heterocycles. The van der Waals surface area contributed by atoms with Crippen molar-refractivity contribution < 1.29 is 14.2 Å². The van der Waals surface area contributed by atoms with Crippen LogP contribution >= 0.6 is 11.3 Å². The van der Waals surface area contributed by atoms with E-state index in [1.807, 2.05) is 0 Å². The Hall–Kier alpha value is -1.62. The number of rotatable bonds is 3. The van der Waals surface area contributed by atoms with Crippen LogP contribution < -0.4 is 4.74 Å². The summed E-state index contributed by atoms with van der Waals surface area (Å²) >= 11 is 1.26. The average Bonchev–Trinajstić information content (AvgIpc) is 2.68. The van der Waals surface area contributed by atoms with Crippen LogP contribution in [0.2, 0.25) is 0 Å². The molecule has 5 heteroatoms. The molecule has 1 N–H and O–H groups in total. The van der Waals surface area contributed by atoms with Gasteiger partial charge in [-0.1, -0.05) is 0 Å². The van der Waals surface area contributed by atoms with Crippen LogP contribution in [0.25, 0.3) is 10.6 Å². The minimum atomic E-state index is -0.422. The number of hydrogen-bond donors (Lipinski definition) is 1. The fraction of sp³-hybridized carbons (Fsp3) is 0.182. The number of halogens is 1. The van der Waals surface area contributed by atoms with Gasteiger partial charge in [0.2, 0.25) is 5.88 Å². The zero-order chi connectivity index (χ0) is 11.5. The third-order valence-corrected chi connectivity index (χ3v) is 2.85. The van der Waals surface area contributed by atoms with Gasteiger partial charge < -0.3 is 9.84 Å². The van der Waals surface area contributed by atoms with Crippen LogP contribution in [0.15, 0.2) is 23.6 Å². The van der Waals surface area contributed by atoms with Crippen LogP contribution in [0, 0.1) is 5.82 Å². The van der Waals surface area contributed by atoms with E-state index in [9.17, 15) is 4.39 Å². The van der Waals surface area contributed by atoms with Gasteiger partial charge >= 0.3 is 0 Å². The van der Waals surface area contributed by atoms with E-state index in [1.165, 1.54) is 22.8 Å². The lowest BCUT2D eigenvalue weighted by atomic mass is 10.2. The van der Waals surface area contributed by atoms with Crippen LogP contribution in [0.3, 0.4) is 0 Å². The van der Waals surface area contributed by atoms with Crippen molar-refractivity contribution in [3.8, 4) is 22.2 Å². The summed E-state index contributed by atoms with van der Waals surface area (Å²) in [5.74, 6) is -0.240. The molecule has 1 heterocycles. The van der Waals surface area contributed by atoms with Crippen molar-refractivity contribution in [2.45, 2.75) is 6.92 Å². The normalized spacial score (nSPS) is 10.4. The van der Waals surface area contributed by atoms with Gasteiger partial charge in [-0.2, -0.15) is 0 Å². The Labute approximate surface area is 96.2 Å². The van der Waals surface area contributed by atoms with E-state index in [0.717, 1.165) is 0 Å². The monoisotopic (exact) mass is 239 g/mol. The summed E-state index contributed by atoms with van der Waals surface area (Å²) in [4.78, 5) is 3.86. The predicted octanol–water partition coefficient (Wildman–Crippen LogP) is 3.05. The van der Waals surface area contributed by atoms with Crippen LogP contribution in [0.1, 0.15) is 6.92 Å². The smallest absolute Gasteiger partial charge is 0.222 e. The van der Waals surface area contributed by atoms with E-state index in [0.29, 0.717) is 17.2 Å². The molecule has 16 heavy (non-hydrogen) atoms. The minimum Gasteiger partial charge on any atom is -0.493 e. The summed E-state index contributed by atoms with van der Waals surface area (Å²) in [7, 11) is 0. The summed E-state index contributed by atoms with van der Waals surface area (Å²) in [6, 6.07) is 4.63. The fourth-order valence-electron chi connectivity index (χ4n) is 1.30. The second kappa shape index (κ2) is 4.49. The molecule has 84 valence electrons. The molecule has 0 spiro atoms. The highest BCUT2D eigenvalue weighted by Gasteiger charge is 2.08. The summed E-state index contributed by atoms with van der Waals surface area (Å²) < 4.78 is 18.6. The predicted molar refractivity (Wildman–Crippen MR) is 60.3 cm³/mol. The van der Waals surface area contributed by atoms with Crippen molar-refractivity contribution in [3.05, 3.63) is 29.4 Å². The SMILES string of the molecule is CCOc1ccc(-c2nc(O)cs2)cc1F. The number of benzene rings is 1. The highest BCUT2D eigenvalue weighted by molar-refractivity contribution is 7.13. The van der Waals surface area contributed by atoms with Gasteiger partial charge in [-0.25, -0.2) is 9.37 Å². The van der Waals surface area contributed by atoms with Crippen molar-refractivity contribution in [2.75, 3.05) is 6.61 Å². The fourth-order valence-corrected chi connectivity index (χ4v) is 1.98. The first-order valence-corrected chi connectivity index (χ1v) is 5.66. The van der Waals surface area contributed by atoms with Gasteiger partial charge in [-0.15, -0.1) is 11.3 Å². The molecule has 0 bridgehead atoms. The van der Waals surface area contributed by atoms with Gasteiger partial charge in [0.15, 0.2) is 11.6 Å². The third-order valence-electron chi connectivity index (χ3n) is 1.97. The molecule has 0 aliphatic carbocycles. The number of thiazole rings is 1. The van der Waals surface area contributed by atoms with Gasteiger partial charge in [0.05, 0.1) is 12.0 Å². The molecular formula is C11H10FNO2S. The summed E-state index contributed by atoms with van der Waals surface area (Å²) in [5, 5.41) is 11.2. The number of aromatic nitrogens is 1. The second-order valence-electron chi connectivity index (χ2n) is 3.09. The molecule has 0 saturated heterocycles. The number of nitrogens with zero attached hydrogens (tertiary/aromatic N) is 1. The summed E-state index contributed by atoms with van der Waals surface area (Å²) in [6.45, 7) is 2.22. The molecule has 2 rings (SSSR count).